The monoisotopic (exact) mass is 384 g/mol. The van der Waals surface area contributed by atoms with Crippen LogP contribution >= 0.6 is 11.6 Å². The Hall–Kier alpha value is -2.33. The maximum Gasteiger partial charge on any atom is 0.248 e. The summed E-state index contributed by atoms with van der Waals surface area (Å²) in [5.74, 6) is -0.0203. The molecule has 0 N–H and O–H groups in total. The Kier molecular flexibility index (Phi) is 5.56. The van der Waals surface area contributed by atoms with E-state index in [9.17, 15) is 9.59 Å². The van der Waals surface area contributed by atoms with Gasteiger partial charge in [-0.3, -0.25) is 9.59 Å². The summed E-state index contributed by atoms with van der Waals surface area (Å²) in [4.78, 5) is 29.3. The second kappa shape index (κ2) is 7.73. The molecule has 1 unspecified atom stereocenters. The standard InChI is InChI=1S/C22H25ClN2O2/c1-16-6-4-5-7-18(16)14-20(26)25-13-12-22(25,2)21(27)24(3)15-17-8-10-19(23)11-9-17/h4-11H,12-15H2,1-3H3. The first kappa shape index (κ1) is 19.4. The maximum absolute atomic E-state index is 13.1. The molecular weight excluding hydrogens is 360 g/mol. The van der Waals surface area contributed by atoms with Crippen LogP contribution in [0.3, 0.4) is 0 Å². The number of carbonyl (C=O) groups excluding carboxylic acids is 2. The Morgan fingerprint density at radius 1 is 1.15 bits per heavy atom. The van der Waals surface area contributed by atoms with Crippen molar-refractivity contribution in [2.24, 2.45) is 0 Å². The maximum atomic E-state index is 13.1. The van der Waals surface area contributed by atoms with Gasteiger partial charge >= 0.3 is 0 Å². The average molecular weight is 385 g/mol. The molecule has 1 heterocycles. The van der Waals surface area contributed by atoms with Gasteiger partial charge in [0, 0.05) is 25.2 Å². The molecule has 0 aromatic heterocycles. The molecule has 142 valence electrons. The normalized spacial score (nSPS) is 18.7. The van der Waals surface area contributed by atoms with Gasteiger partial charge in [0.1, 0.15) is 5.54 Å². The highest BCUT2D eigenvalue weighted by atomic mass is 35.5. The predicted molar refractivity (Wildman–Crippen MR) is 108 cm³/mol. The van der Waals surface area contributed by atoms with Gasteiger partial charge in [-0.15, -0.1) is 0 Å². The van der Waals surface area contributed by atoms with E-state index >= 15 is 0 Å². The van der Waals surface area contributed by atoms with Gasteiger partial charge in [0.15, 0.2) is 0 Å². The first-order valence-electron chi connectivity index (χ1n) is 9.16. The molecule has 27 heavy (non-hydrogen) atoms. The van der Waals surface area contributed by atoms with Crippen LogP contribution in [0.4, 0.5) is 0 Å². The van der Waals surface area contributed by atoms with Crippen molar-refractivity contribution >= 4 is 23.4 Å². The number of carbonyl (C=O) groups is 2. The van der Waals surface area contributed by atoms with Gasteiger partial charge in [0.25, 0.3) is 0 Å². The number of rotatable bonds is 5. The number of amides is 2. The summed E-state index contributed by atoms with van der Waals surface area (Å²) in [6.45, 7) is 4.99. The Balaban J connectivity index is 1.67. The summed E-state index contributed by atoms with van der Waals surface area (Å²) >= 11 is 5.92. The van der Waals surface area contributed by atoms with Crippen LogP contribution < -0.4 is 0 Å². The van der Waals surface area contributed by atoms with Crippen molar-refractivity contribution in [2.75, 3.05) is 13.6 Å². The van der Waals surface area contributed by atoms with Crippen LogP contribution in [0.2, 0.25) is 5.02 Å². The van der Waals surface area contributed by atoms with E-state index < -0.39 is 5.54 Å². The number of aryl methyl sites for hydroxylation is 1. The molecule has 2 aromatic carbocycles. The fraction of sp³-hybridized carbons (Fsp3) is 0.364. The van der Waals surface area contributed by atoms with E-state index in [1.54, 1.807) is 16.8 Å². The second-order valence-corrected chi connectivity index (χ2v) is 7.90. The summed E-state index contributed by atoms with van der Waals surface area (Å²) in [6.07, 6.45) is 1.02. The molecule has 4 nitrogen and oxygen atoms in total. The van der Waals surface area contributed by atoms with Gasteiger partial charge < -0.3 is 9.80 Å². The molecule has 0 aliphatic carbocycles. The quantitative estimate of drug-likeness (QED) is 0.785. The molecule has 1 atom stereocenters. The molecule has 0 bridgehead atoms. The van der Waals surface area contributed by atoms with Gasteiger partial charge in [0.2, 0.25) is 11.8 Å². The fourth-order valence-electron chi connectivity index (χ4n) is 3.59. The number of likely N-dealkylation sites (tertiary alicyclic amines) is 1. The van der Waals surface area contributed by atoms with Crippen LogP contribution in [-0.4, -0.2) is 40.7 Å². The van der Waals surface area contributed by atoms with Crippen molar-refractivity contribution in [1.82, 2.24) is 9.80 Å². The summed E-state index contributed by atoms with van der Waals surface area (Å²) in [5.41, 5.74) is 2.36. The molecule has 0 radical (unpaired) electrons. The van der Waals surface area contributed by atoms with E-state index in [0.29, 0.717) is 31.0 Å². The molecule has 5 heteroatoms. The third kappa shape index (κ3) is 4.01. The van der Waals surface area contributed by atoms with E-state index in [1.807, 2.05) is 62.4 Å². The second-order valence-electron chi connectivity index (χ2n) is 7.46. The summed E-state index contributed by atoms with van der Waals surface area (Å²) in [5, 5.41) is 0.673. The highest BCUT2D eigenvalue weighted by Gasteiger charge is 2.50. The molecule has 1 saturated heterocycles. The zero-order chi connectivity index (χ0) is 19.6. The molecular formula is C22H25ClN2O2. The molecule has 0 spiro atoms. The summed E-state index contributed by atoms with van der Waals surface area (Å²) < 4.78 is 0. The highest BCUT2D eigenvalue weighted by molar-refractivity contribution is 6.30. The van der Waals surface area contributed by atoms with Crippen molar-refractivity contribution in [1.29, 1.82) is 0 Å². The van der Waals surface area contributed by atoms with Crippen LogP contribution in [0.25, 0.3) is 0 Å². The summed E-state index contributed by atoms with van der Waals surface area (Å²) in [6, 6.07) is 15.3. The molecule has 1 aliphatic heterocycles. The number of benzene rings is 2. The first-order valence-corrected chi connectivity index (χ1v) is 9.54. The van der Waals surface area contributed by atoms with E-state index in [0.717, 1.165) is 16.7 Å². The van der Waals surface area contributed by atoms with E-state index in [4.69, 9.17) is 11.6 Å². The van der Waals surface area contributed by atoms with Crippen LogP contribution in [0.15, 0.2) is 48.5 Å². The van der Waals surface area contributed by atoms with Gasteiger partial charge in [-0.1, -0.05) is 48.0 Å². The molecule has 1 fully saturated rings. The van der Waals surface area contributed by atoms with Crippen LogP contribution in [-0.2, 0) is 22.6 Å². The van der Waals surface area contributed by atoms with Gasteiger partial charge in [-0.25, -0.2) is 0 Å². The smallest absolute Gasteiger partial charge is 0.248 e. The number of halogens is 1. The Bertz CT molecular complexity index is 850. The third-order valence-corrected chi connectivity index (χ3v) is 5.71. The molecule has 1 aliphatic rings. The van der Waals surface area contributed by atoms with Crippen molar-refractivity contribution in [2.45, 2.75) is 38.8 Å². The topological polar surface area (TPSA) is 40.6 Å². The summed E-state index contributed by atoms with van der Waals surface area (Å²) in [7, 11) is 1.78. The molecule has 2 aromatic rings. The highest BCUT2D eigenvalue weighted by Crippen LogP contribution is 2.33. The average Bonchev–Trinajstić information content (AvgIpc) is 2.63. The fourth-order valence-corrected chi connectivity index (χ4v) is 3.72. The lowest BCUT2D eigenvalue weighted by molar-refractivity contribution is -0.163. The zero-order valence-electron chi connectivity index (χ0n) is 16.0. The SMILES string of the molecule is Cc1ccccc1CC(=O)N1CCC1(C)C(=O)N(C)Cc1ccc(Cl)cc1. The van der Waals surface area contributed by atoms with Crippen molar-refractivity contribution < 1.29 is 9.59 Å². The lowest BCUT2D eigenvalue weighted by Gasteiger charge is -2.50. The zero-order valence-corrected chi connectivity index (χ0v) is 16.8. The lowest BCUT2D eigenvalue weighted by Crippen LogP contribution is -2.67. The van der Waals surface area contributed by atoms with Crippen LogP contribution in [0.1, 0.15) is 30.0 Å². The minimum atomic E-state index is -0.763. The lowest BCUT2D eigenvalue weighted by atomic mass is 9.84. The third-order valence-electron chi connectivity index (χ3n) is 5.46. The van der Waals surface area contributed by atoms with E-state index in [2.05, 4.69) is 0 Å². The van der Waals surface area contributed by atoms with E-state index in [-0.39, 0.29) is 11.8 Å². The van der Waals surface area contributed by atoms with Crippen molar-refractivity contribution in [3.8, 4) is 0 Å². The first-order chi connectivity index (χ1) is 12.8. The van der Waals surface area contributed by atoms with E-state index in [1.165, 1.54) is 0 Å². The van der Waals surface area contributed by atoms with Crippen LogP contribution in [0, 0.1) is 6.92 Å². The largest absolute Gasteiger partial charge is 0.339 e. The van der Waals surface area contributed by atoms with Gasteiger partial charge in [-0.2, -0.15) is 0 Å². The number of hydrogen-bond acceptors (Lipinski definition) is 2. The number of nitrogens with zero attached hydrogens (tertiary/aromatic N) is 2. The number of hydrogen-bond donors (Lipinski definition) is 0. The Morgan fingerprint density at radius 2 is 1.81 bits per heavy atom. The van der Waals surface area contributed by atoms with Gasteiger partial charge in [-0.05, 0) is 49.1 Å². The number of likely N-dealkylation sites (N-methyl/N-ethyl adjacent to an activating group) is 1. The molecule has 2 amide bonds. The molecule has 0 saturated carbocycles. The van der Waals surface area contributed by atoms with Crippen LogP contribution in [0.5, 0.6) is 0 Å². The van der Waals surface area contributed by atoms with Crippen molar-refractivity contribution in [3.05, 3.63) is 70.2 Å². The van der Waals surface area contributed by atoms with Crippen molar-refractivity contribution in [3.63, 3.8) is 0 Å². The Morgan fingerprint density at radius 3 is 2.41 bits per heavy atom. The molecule has 3 rings (SSSR count). The Labute approximate surface area is 165 Å². The minimum Gasteiger partial charge on any atom is -0.339 e. The van der Waals surface area contributed by atoms with Gasteiger partial charge in [0.05, 0.1) is 6.42 Å². The predicted octanol–water partition coefficient (Wildman–Crippen LogP) is 3.84. The minimum absolute atomic E-state index is 0.00583.